The first-order valence-corrected chi connectivity index (χ1v) is 10.9. The molecule has 0 aliphatic carbocycles. The fourth-order valence-electron chi connectivity index (χ4n) is 3.80. The SMILES string of the molecule is COc1cc(C2N=C(Nc3ccc4[nH]ncc4c3C)N(C(C)C)N2)ccc1C(=O)NCC(F)(F)F. The molecule has 0 radical (unpaired) electrons. The third-order valence-electron chi connectivity index (χ3n) is 5.63. The van der Waals surface area contributed by atoms with Crippen molar-refractivity contribution in [3.05, 3.63) is 53.2 Å². The number of aliphatic imine (C=N–C) groups is 1. The average Bonchev–Trinajstić information content (AvgIpc) is 3.46. The van der Waals surface area contributed by atoms with Crippen LogP contribution in [0.1, 0.15) is 41.5 Å². The van der Waals surface area contributed by atoms with Crippen molar-refractivity contribution in [2.45, 2.75) is 39.2 Å². The molecular weight excluding hydrogens is 463 g/mol. The van der Waals surface area contributed by atoms with Crippen LogP contribution >= 0.6 is 0 Å². The van der Waals surface area contributed by atoms with E-state index >= 15 is 0 Å². The molecule has 1 aliphatic heterocycles. The van der Waals surface area contributed by atoms with E-state index in [-0.39, 0.29) is 17.4 Å². The van der Waals surface area contributed by atoms with E-state index in [0.29, 0.717) is 11.5 Å². The molecule has 1 atom stereocenters. The molecule has 0 bridgehead atoms. The number of hydrogen-bond donors (Lipinski definition) is 4. The van der Waals surface area contributed by atoms with Gasteiger partial charge in [0.05, 0.1) is 24.4 Å². The van der Waals surface area contributed by atoms with Crippen molar-refractivity contribution in [3.8, 4) is 5.75 Å². The van der Waals surface area contributed by atoms with E-state index in [2.05, 4.69) is 20.9 Å². The summed E-state index contributed by atoms with van der Waals surface area (Å²) in [6.45, 7) is 4.59. The number of H-pyrrole nitrogens is 1. The Balaban J connectivity index is 1.59. The fraction of sp³-hybridized carbons (Fsp3) is 0.348. The summed E-state index contributed by atoms with van der Waals surface area (Å²) in [5.74, 6) is -0.121. The molecule has 12 heteroatoms. The minimum atomic E-state index is -4.50. The Morgan fingerprint density at radius 2 is 2.03 bits per heavy atom. The number of hydrazine groups is 1. The molecule has 4 rings (SSSR count). The summed E-state index contributed by atoms with van der Waals surface area (Å²) in [4.78, 5) is 17.0. The Bertz CT molecular complexity index is 1270. The number of aromatic nitrogens is 2. The second-order valence-electron chi connectivity index (χ2n) is 8.40. The summed E-state index contributed by atoms with van der Waals surface area (Å²) in [6, 6.07) is 8.59. The van der Waals surface area contributed by atoms with Crippen LogP contribution in [-0.4, -0.2) is 52.9 Å². The molecular formula is C23H26F3N7O2. The van der Waals surface area contributed by atoms with Crippen LogP contribution in [0.3, 0.4) is 0 Å². The van der Waals surface area contributed by atoms with Crippen LogP contribution in [0.15, 0.2) is 41.5 Å². The van der Waals surface area contributed by atoms with Crippen LogP contribution < -0.4 is 20.8 Å². The number of hydrogen-bond acceptors (Lipinski definition) is 7. The number of amides is 1. The largest absolute Gasteiger partial charge is 0.496 e. The zero-order valence-corrected chi connectivity index (χ0v) is 19.6. The molecule has 3 aromatic rings. The van der Waals surface area contributed by atoms with E-state index in [4.69, 9.17) is 9.73 Å². The number of methoxy groups -OCH3 is 1. The maximum atomic E-state index is 12.5. The Morgan fingerprint density at radius 1 is 1.26 bits per heavy atom. The van der Waals surface area contributed by atoms with Crippen LogP contribution in [0.2, 0.25) is 0 Å². The average molecular weight is 490 g/mol. The Labute approximate surface area is 199 Å². The van der Waals surface area contributed by atoms with Gasteiger partial charge in [-0.15, -0.1) is 0 Å². The summed E-state index contributed by atoms with van der Waals surface area (Å²) in [7, 11) is 1.35. The minimum Gasteiger partial charge on any atom is -0.496 e. The highest BCUT2D eigenvalue weighted by Gasteiger charge is 2.30. The first-order chi connectivity index (χ1) is 16.6. The zero-order valence-electron chi connectivity index (χ0n) is 19.6. The van der Waals surface area contributed by atoms with Crippen molar-refractivity contribution < 1.29 is 22.7 Å². The number of anilines is 1. The van der Waals surface area contributed by atoms with E-state index in [1.165, 1.54) is 13.2 Å². The molecule has 1 aliphatic rings. The molecule has 1 amide bonds. The fourth-order valence-corrected chi connectivity index (χ4v) is 3.80. The zero-order chi connectivity index (χ0) is 25.3. The van der Waals surface area contributed by atoms with Gasteiger partial charge in [0.15, 0.2) is 0 Å². The number of benzene rings is 2. The lowest BCUT2D eigenvalue weighted by Gasteiger charge is -2.26. The maximum absolute atomic E-state index is 12.5. The molecule has 2 heterocycles. The van der Waals surface area contributed by atoms with Crippen LogP contribution in [0.25, 0.3) is 10.9 Å². The van der Waals surface area contributed by atoms with Gasteiger partial charge in [-0.05, 0) is 56.2 Å². The molecule has 9 nitrogen and oxygen atoms in total. The number of fused-ring (bicyclic) bond motifs is 1. The van der Waals surface area contributed by atoms with Crippen molar-refractivity contribution in [2.75, 3.05) is 19.0 Å². The van der Waals surface area contributed by atoms with Gasteiger partial charge in [0.1, 0.15) is 18.5 Å². The third kappa shape index (κ3) is 5.16. The molecule has 2 aromatic carbocycles. The van der Waals surface area contributed by atoms with E-state index < -0.39 is 24.8 Å². The number of halogens is 3. The number of nitrogens with zero attached hydrogens (tertiary/aromatic N) is 3. The lowest BCUT2D eigenvalue weighted by atomic mass is 10.1. The molecule has 35 heavy (non-hydrogen) atoms. The van der Waals surface area contributed by atoms with Crippen molar-refractivity contribution in [1.82, 2.24) is 25.9 Å². The van der Waals surface area contributed by atoms with Crippen LogP contribution in [0, 0.1) is 6.92 Å². The Morgan fingerprint density at radius 3 is 2.71 bits per heavy atom. The van der Waals surface area contributed by atoms with E-state index in [9.17, 15) is 18.0 Å². The molecule has 1 unspecified atom stereocenters. The normalized spacial score (nSPS) is 16.1. The first kappa shape index (κ1) is 24.3. The van der Waals surface area contributed by atoms with E-state index in [0.717, 1.165) is 22.2 Å². The number of carbonyl (C=O) groups excluding carboxylic acids is 1. The van der Waals surface area contributed by atoms with Crippen LogP contribution in [-0.2, 0) is 0 Å². The van der Waals surface area contributed by atoms with Gasteiger partial charge in [-0.3, -0.25) is 14.9 Å². The standard InChI is InChI=1S/C23H26F3N7O2/c1-12(2)33-22(29-17-7-8-18-16(13(17)3)10-28-31-18)30-20(32-33)14-5-6-15(19(9-14)35-4)21(34)27-11-23(24,25)26/h5-10,12,20,32H,11H2,1-4H3,(H,27,34)(H,28,31)(H,29,30). The lowest BCUT2D eigenvalue weighted by Crippen LogP contribution is -2.45. The van der Waals surface area contributed by atoms with Gasteiger partial charge in [0.2, 0.25) is 5.96 Å². The molecule has 4 N–H and O–H groups in total. The Kier molecular flexibility index (Phi) is 6.57. The topological polar surface area (TPSA) is 107 Å². The molecule has 1 aromatic heterocycles. The lowest BCUT2D eigenvalue weighted by molar-refractivity contribution is -0.123. The van der Waals surface area contributed by atoms with Crippen LogP contribution in [0.5, 0.6) is 5.75 Å². The van der Waals surface area contributed by atoms with Crippen LogP contribution in [0.4, 0.5) is 18.9 Å². The summed E-state index contributed by atoms with van der Waals surface area (Å²) in [5, 5.41) is 15.2. The van der Waals surface area contributed by atoms with Gasteiger partial charge in [0.25, 0.3) is 5.91 Å². The molecule has 186 valence electrons. The highest BCUT2D eigenvalue weighted by molar-refractivity contribution is 5.99. The smallest absolute Gasteiger partial charge is 0.405 e. The minimum absolute atomic E-state index is 0.00517. The van der Waals surface area contributed by atoms with E-state index in [1.54, 1.807) is 18.3 Å². The predicted molar refractivity (Wildman–Crippen MR) is 126 cm³/mol. The first-order valence-electron chi connectivity index (χ1n) is 10.9. The second-order valence-corrected chi connectivity index (χ2v) is 8.40. The van der Waals surface area contributed by atoms with Crippen molar-refractivity contribution in [3.63, 3.8) is 0 Å². The van der Waals surface area contributed by atoms with Crippen molar-refractivity contribution >= 4 is 28.5 Å². The Hall–Kier alpha value is -3.80. The van der Waals surface area contributed by atoms with Gasteiger partial charge in [-0.1, -0.05) is 6.07 Å². The molecule has 0 saturated heterocycles. The number of rotatable bonds is 6. The summed E-state index contributed by atoms with van der Waals surface area (Å²) < 4.78 is 42.7. The van der Waals surface area contributed by atoms with Gasteiger partial charge in [-0.2, -0.15) is 18.3 Å². The number of aryl methyl sites for hydroxylation is 1. The molecule has 0 saturated carbocycles. The van der Waals surface area contributed by atoms with Gasteiger partial charge < -0.3 is 15.4 Å². The number of ether oxygens (including phenoxy) is 1. The summed E-state index contributed by atoms with van der Waals surface area (Å²) in [6.07, 6.45) is -3.24. The highest BCUT2D eigenvalue weighted by Crippen LogP contribution is 2.30. The van der Waals surface area contributed by atoms with Crippen molar-refractivity contribution in [2.24, 2.45) is 4.99 Å². The number of guanidine groups is 1. The van der Waals surface area contributed by atoms with Gasteiger partial charge >= 0.3 is 6.18 Å². The predicted octanol–water partition coefficient (Wildman–Crippen LogP) is 3.87. The van der Waals surface area contributed by atoms with E-state index in [1.807, 2.05) is 43.2 Å². The number of nitrogens with one attached hydrogen (secondary N) is 4. The third-order valence-corrected chi connectivity index (χ3v) is 5.63. The molecule has 0 spiro atoms. The van der Waals surface area contributed by atoms with Gasteiger partial charge in [-0.25, -0.2) is 10.4 Å². The second kappa shape index (κ2) is 9.45. The monoisotopic (exact) mass is 489 g/mol. The number of carbonyl (C=O) groups is 1. The number of alkyl halides is 3. The summed E-state index contributed by atoms with van der Waals surface area (Å²) in [5.41, 5.74) is 6.83. The maximum Gasteiger partial charge on any atom is 0.405 e. The van der Waals surface area contributed by atoms with Gasteiger partial charge in [0, 0.05) is 17.1 Å². The highest BCUT2D eigenvalue weighted by atomic mass is 19.4. The van der Waals surface area contributed by atoms with Crippen molar-refractivity contribution in [1.29, 1.82) is 0 Å². The molecule has 0 fully saturated rings. The quantitative estimate of drug-likeness (QED) is 0.419. The summed E-state index contributed by atoms with van der Waals surface area (Å²) >= 11 is 0. The number of aromatic amines is 1.